The molecule has 6 nitrogen and oxygen atoms in total. The number of carbonyl (C=O) groups is 2. The first-order valence-electron chi connectivity index (χ1n) is 10.3. The fraction of sp³-hybridized carbons (Fsp3) is 0.115. The van der Waals surface area contributed by atoms with Crippen molar-refractivity contribution in [1.29, 1.82) is 5.26 Å². The van der Waals surface area contributed by atoms with Gasteiger partial charge >= 0.3 is 5.97 Å². The maximum absolute atomic E-state index is 13.8. The molecule has 172 valence electrons. The van der Waals surface area contributed by atoms with E-state index in [0.717, 1.165) is 3.57 Å². The van der Waals surface area contributed by atoms with Gasteiger partial charge in [0, 0.05) is 11.3 Å². The maximum atomic E-state index is 13.8. The summed E-state index contributed by atoms with van der Waals surface area (Å²) in [4.78, 5) is 24.3. The van der Waals surface area contributed by atoms with E-state index in [1.54, 1.807) is 55.5 Å². The standard InChI is InChI=1S/C26H20FIN2O4/c1-2-33-26(32)18-8-10-21(11-9-18)30-25(31)20(15-29)13-17-7-12-24(23(28)14-17)34-16-19-5-3-4-6-22(19)27/h3-14H,2,16H2,1H3,(H,30,31)/b20-13+. The van der Waals surface area contributed by atoms with Crippen molar-refractivity contribution in [3.05, 3.63) is 98.4 Å². The van der Waals surface area contributed by atoms with Crippen LogP contribution in [0.4, 0.5) is 10.1 Å². The van der Waals surface area contributed by atoms with Crippen molar-refractivity contribution in [1.82, 2.24) is 0 Å². The molecule has 3 aromatic rings. The Morgan fingerprint density at radius 3 is 2.50 bits per heavy atom. The number of rotatable bonds is 8. The van der Waals surface area contributed by atoms with E-state index < -0.39 is 11.9 Å². The number of amides is 1. The van der Waals surface area contributed by atoms with Crippen LogP contribution in [0.2, 0.25) is 0 Å². The lowest BCUT2D eigenvalue weighted by molar-refractivity contribution is -0.112. The van der Waals surface area contributed by atoms with Crippen LogP contribution in [0, 0.1) is 20.7 Å². The number of nitriles is 1. The van der Waals surface area contributed by atoms with E-state index in [1.807, 2.05) is 6.07 Å². The van der Waals surface area contributed by atoms with Crippen LogP contribution in [0.1, 0.15) is 28.4 Å². The van der Waals surface area contributed by atoms with Crippen molar-refractivity contribution in [2.75, 3.05) is 11.9 Å². The second-order valence-electron chi connectivity index (χ2n) is 6.99. The molecule has 0 atom stereocenters. The van der Waals surface area contributed by atoms with Crippen molar-refractivity contribution in [2.45, 2.75) is 13.5 Å². The number of hydrogen-bond acceptors (Lipinski definition) is 5. The van der Waals surface area contributed by atoms with E-state index in [4.69, 9.17) is 9.47 Å². The molecule has 0 radical (unpaired) electrons. The summed E-state index contributed by atoms with van der Waals surface area (Å²) in [6, 6.07) is 19.6. The molecule has 0 bridgehead atoms. The lowest BCUT2D eigenvalue weighted by Crippen LogP contribution is -2.13. The zero-order chi connectivity index (χ0) is 24.5. The minimum atomic E-state index is -0.582. The molecule has 0 saturated carbocycles. The molecule has 0 aliphatic carbocycles. The van der Waals surface area contributed by atoms with E-state index >= 15 is 0 Å². The van der Waals surface area contributed by atoms with Gasteiger partial charge in [-0.25, -0.2) is 9.18 Å². The summed E-state index contributed by atoms with van der Waals surface area (Å²) in [6.07, 6.45) is 1.46. The molecule has 1 amide bonds. The number of benzene rings is 3. The fourth-order valence-corrected chi connectivity index (χ4v) is 3.61. The van der Waals surface area contributed by atoms with Crippen LogP contribution in [0.25, 0.3) is 6.08 Å². The van der Waals surface area contributed by atoms with Crippen molar-refractivity contribution in [3.8, 4) is 11.8 Å². The number of halogens is 2. The van der Waals surface area contributed by atoms with Crippen LogP contribution >= 0.6 is 22.6 Å². The first kappa shape index (κ1) is 24.9. The van der Waals surface area contributed by atoms with E-state index in [1.165, 1.54) is 24.3 Å². The van der Waals surface area contributed by atoms with Gasteiger partial charge in [-0.05, 0) is 83.6 Å². The Bertz CT molecular complexity index is 1270. The maximum Gasteiger partial charge on any atom is 0.338 e. The zero-order valence-corrected chi connectivity index (χ0v) is 20.3. The fourth-order valence-electron chi connectivity index (χ4n) is 2.91. The topological polar surface area (TPSA) is 88.4 Å². The molecule has 0 saturated heterocycles. The summed E-state index contributed by atoms with van der Waals surface area (Å²) >= 11 is 2.08. The Kier molecular flexibility index (Phi) is 8.76. The van der Waals surface area contributed by atoms with E-state index in [-0.39, 0.29) is 24.6 Å². The molecule has 0 spiro atoms. The van der Waals surface area contributed by atoms with Crippen LogP contribution < -0.4 is 10.1 Å². The molecule has 1 N–H and O–H groups in total. The Balaban J connectivity index is 1.67. The van der Waals surface area contributed by atoms with Crippen molar-refractivity contribution in [2.24, 2.45) is 0 Å². The van der Waals surface area contributed by atoms with Crippen LogP contribution in [-0.4, -0.2) is 18.5 Å². The number of carbonyl (C=O) groups excluding carboxylic acids is 2. The monoisotopic (exact) mass is 570 g/mol. The van der Waals surface area contributed by atoms with Gasteiger partial charge in [0.25, 0.3) is 5.91 Å². The van der Waals surface area contributed by atoms with Gasteiger partial charge in [0.05, 0.1) is 15.7 Å². The minimum Gasteiger partial charge on any atom is -0.488 e. The van der Waals surface area contributed by atoms with Gasteiger partial charge in [0.1, 0.15) is 29.8 Å². The third kappa shape index (κ3) is 6.65. The van der Waals surface area contributed by atoms with Crippen molar-refractivity contribution >= 4 is 46.2 Å². The third-order valence-corrected chi connectivity index (χ3v) is 5.47. The Hall–Kier alpha value is -3.71. The van der Waals surface area contributed by atoms with E-state index in [2.05, 4.69) is 27.9 Å². The highest BCUT2D eigenvalue weighted by atomic mass is 127. The predicted molar refractivity (Wildman–Crippen MR) is 135 cm³/mol. The summed E-state index contributed by atoms with van der Waals surface area (Å²) in [7, 11) is 0. The van der Waals surface area contributed by atoms with Gasteiger partial charge in [0.15, 0.2) is 0 Å². The van der Waals surface area contributed by atoms with Crippen molar-refractivity contribution < 1.29 is 23.5 Å². The summed E-state index contributed by atoms with van der Waals surface area (Å²) in [5.41, 5.74) is 1.78. The molecular weight excluding hydrogens is 550 g/mol. The number of nitrogens with one attached hydrogen (secondary N) is 1. The van der Waals surface area contributed by atoms with E-state index in [0.29, 0.717) is 28.1 Å². The number of ether oxygens (including phenoxy) is 2. The van der Waals surface area contributed by atoms with Crippen LogP contribution in [-0.2, 0) is 16.1 Å². The average molecular weight is 570 g/mol. The number of nitrogens with zero attached hydrogens (tertiary/aromatic N) is 1. The largest absolute Gasteiger partial charge is 0.488 e. The van der Waals surface area contributed by atoms with Crippen LogP contribution in [0.15, 0.2) is 72.3 Å². The molecule has 3 aromatic carbocycles. The highest BCUT2D eigenvalue weighted by Gasteiger charge is 2.12. The summed E-state index contributed by atoms with van der Waals surface area (Å²) in [5.74, 6) is -0.807. The van der Waals surface area contributed by atoms with Gasteiger partial charge in [0.2, 0.25) is 0 Å². The summed E-state index contributed by atoms with van der Waals surface area (Å²) in [5, 5.41) is 12.1. The van der Waals surface area contributed by atoms with Gasteiger partial charge in [-0.1, -0.05) is 24.3 Å². The minimum absolute atomic E-state index is 0.0820. The molecule has 3 rings (SSSR count). The van der Waals surface area contributed by atoms with Crippen molar-refractivity contribution in [3.63, 3.8) is 0 Å². The van der Waals surface area contributed by atoms with Crippen LogP contribution in [0.3, 0.4) is 0 Å². The first-order valence-corrected chi connectivity index (χ1v) is 11.3. The van der Waals surface area contributed by atoms with Gasteiger partial charge in [-0.15, -0.1) is 0 Å². The molecule has 0 unspecified atom stereocenters. The molecule has 0 aromatic heterocycles. The SMILES string of the molecule is CCOC(=O)c1ccc(NC(=O)/C(C#N)=C/c2ccc(OCc3ccccc3F)c(I)c2)cc1. The third-order valence-electron chi connectivity index (χ3n) is 4.63. The summed E-state index contributed by atoms with van der Waals surface area (Å²) in [6.45, 7) is 2.07. The number of anilines is 1. The highest BCUT2D eigenvalue weighted by Crippen LogP contribution is 2.25. The Labute approximate surface area is 210 Å². The second kappa shape index (κ2) is 12.0. The molecule has 0 heterocycles. The molecule has 34 heavy (non-hydrogen) atoms. The highest BCUT2D eigenvalue weighted by molar-refractivity contribution is 14.1. The molecule has 8 heteroatoms. The van der Waals surface area contributed by atoms with Gasteiger partial charge < -0.3 is 14.8 Å². The normalized spacial score (nSPS) is 10.8. The Morgan fingerprint density at radius 2 is 1.85 bits per heavy atom. The molecule has 0 aliphatic rings. The van der Waals surface area contributed by atoms with Gasteiger partial charge in [-0.2, -0.15) is 5.26 Å². The second-order valence-corrected chi connectivity index (χ2v) is 8.15. The first-order chi connectivity index (χ1) is 16.4. The predicted octanol–water partition coefficient (Wildman–Crippen LogP) is 5.73. The van der Waals surface area contributed by atoms with Gasteiger partial charge in [-0.3, -0.25) is 4.79 Å². The average Bonchev–Trinajstić information content (AvgIpc) is 2.83. The zero-order valence-electron chi connectivity index (χ0n) is 18.2. The quantitative estimate of drug-likeness (QED) is 0.162. The lowest BCUT2D eigenvalue weighted by Gasteiger charge is -2.10. The Morgan fingerprint density at radius 1 is 1.12 bits per heavy atom. The molecule has 0 aliphatic heterocycles. The van der Waals surface area contributed by atoms with E-state index in [9.17, 15) is 19.2 Å². The number of esters is 1. The smallest absolute Gasteiger partial charge is 0.338 e. The molecular formula is C26H20FIN2O4. The number of hydrogen-bond donors (Lipinski definition) is 1. The lowest BCUT2D eigenvalue weighted by atomic mass is 10.1. The summed E-state index contributed by atoms with van der Waals surface area (Å²) < 4.78 is 25.2. The molecule has 0 fully saturated rings. The van der Waals surface area contributed by atoms with Crippen LogP contribution in [0.5, 0.6) is 5.75 Å².